The van der Waals surface area contributed by atoms with Gasteiger partial charge in [-0.15, -0.1) is 0 Å². The summed E-state index contributed by atoms with van der Waals surface area (Å²) in [6.07, 6.45) is 1.45. The molecule has 0 aliphatic carbocycles. The number of rotatable bonds is 4. The van der Waals surface area contributed by atoms with Crippen molar-refractivity contribution in [1.29, 1.82) is 5.26 Å². The van der Waals surface area contributed by atoms with E-state index in [0.29, 0.717) is 11.3 Å². The van der Waals surface area contributed by atoms with Crippen molar-refractivity contribution in [1.82, 2.24) is 4.98 Å². The Morgan fingerprint density at radius 2 is 2.15 bits per heavy atom. The molecule has 2 N–H and O–H groups in total. The van der Waals surface area contributed by atoms with E-state index >= 15 is 0 Å². The highest BCUT2D eigenvalue weighted by Gasteiger charge is 2.23. The molecule has 1 heterocycles. The third-order valence-electron chi connectivity index (χ3n) is 2.95. The Morgan fingerprint density at radius 1 is 1.45 bits per heavy atom. The number of para-hydroxylation sites is 1. The minimum absolute atomic E-state index is 0.0471. The van der Waals surface area contributed by atoms with E-state index in [1.807, 2.05) is 24.3 Å². The quantitative estimate of drug-likeness (QED) is 0.891. The number of nitrogens with one attached hydrogen (secondary N) is 1. The summed E-state index contributed by atoms with van der Waals surface area (Å²) >= 11 is 0. The summed E-state index contributed by atoms with van der Waals surface area (Å²) in [7, 11) is 0. The molecule has 102 valence electrons. The van der Waals surface area contributed by atoms with Crippen LogP contribution >= 0.6 is 0 Å². The normalized spacial score (nSPS) is 11.1. The number of anilines is 1. The Kier molecular flexibility index (Phi) is 3.57. The third-order valence-corrected chi connectivity index (χ3v) is 2.95. The molecule has 0 spiro atoms. The van der Waals surface area contributed by atoms with Crippen LogP contribution in [0.15, 0.2) is 30.5 Å². The smallest absolute Gasteiger partial charge is 0.305 e. The summed E-state index contributed by atoms with van der Waals surface area (Å²) in [6, 6.07) is 9.54. The van der Waals surface area contributed by atoms with Gasteiger partial charge in [0, 0.05) is 17.1 Å². The van der Waals surface area contributed by atoms with E-state index in [9.17, 15) is 10.1 Å². The van der Waals surface area contributed by atoms with Gasteiger partial charge in [0.05, 0.1) is 23.2 Å². The highest BCUT2D eigenvalue weighted by molar-refractivity contribution is 5.94. The first kappa shape index (κ1) is 13.8. The lowest BCUT2D eigenvalue weighted by Gasteiger charge is -2.27. The highest BCUT2D eigenvalue weighted by atomic mass is 16.4. The first-order valence-corrected chi connectivity index (χ1v) is 6.21. The van der Waals surface area contributed by atoms with E-state index in [0.717, 1.165) is 10.9 Å². The fourth-order valence-electron chi connectivity index (χ4n) is 2.12. The van der Waals surface area contributed by atoms with Crippen LogP contribution in [0.4, 0.5) is 5.69 Å². The van der Waals surface area contributed by atoms with Crippen LogP contribution in [0, 0.1) is 11.3 Å². The molecule has 0 amide bonds. The van der Waals surface area contributed by atoms with Crippen LogP contribution in [-0.4, -0.2) is 21.6 Å². The Labute approximate surface area is 116 Å². The summed E-state index contributed by atoms with van der Waals surface area (Å²) in [5.74, 6) is -0.889. The molecule has 1 aromatic carbocycles. The second-order valence-electron chi connectivity index (χ2n) is 5.26. The molecule has 0 bridgehead atoms. The lowest BCUT2D eigenvalue weighted by atomic mass is 9.98. The van der Waals surface area contributed by atoms with Gasteiger partial charge in [-0.05, 0) is 19.9 Å². The molecule has 5 nitrogen and oxygen atoms in total. The molecule has 20 heavy (non-hydrogen) atoms. The summed E-state index contributed by atoms with van der Waals surface area (Å²) in [5, 5.41) is 22.1. The van der Waals surface area contributed by atoms with Crippen LogP contribution in [-0.2, 0) is 4.79 Å². The van der Waals surface area contributed by atoms with Gasteiger partial charge in [0.1, 0.15) is 6.07 Å². The molecule has 1 aromatic heterocycles. The zero-order chi connectivity index (χ0) is 14.8. The molecule has 0 fully saturated rings. The van der Waals surface area contributed by atoms with Crippen molar-refractivity contribution < 1.29 is 9.90 Å². The monoisotopic (exact) mass is 269 g/mol. The molecule has 2 aromatic rings. The second kappa shape index (κ2) is 5.17. The van der Waals surface area contributed by atoms with E-state index < -0.39 is 11.5 Å². The van der Waals surface area contributed by atoms with E-state index in [1.165, 1.54) is 6.20 Å². The van der Waals surface area contributed by atoms with Crippen molar-refractivity contribution in [2.24, 2.45) is 0 Å². The van der Waals surface area contributed by atoms with E-state index in [4.69, 9.17) is 5.11 Å². The van der Waals surface area contributed by atoms with Crippen LogP contribution in [0.25, 0.3) is 10.9 Å². The number of carboxylic acids is 1. The number of carboxylic acid groups (broad SMARTS) is 1. The van der Waals surface area contributed by atoms with Gasteiger partial charge < -0.3 is 10.4 Å². The molecule has 0 radical (unpaired) electrons. The van der Waals surface area contributed by atoms with Gasteiger partial charge in [-0.2, -0.15) is 5.26 Å². The van der Waals surface area contributed by atoms with Crippen molar-refractivity contribution in [3.63, 3.8) is 0 Å². The number of nitrogens with zero attached hydrogens (tertiary/aromatic N) is 2. The van der Waals surface area contributed by atoms with Gasteiger partial charge in [-0.25, -0.2) is 0 Å². The van der Waals surface area contributed by atoms with Gasteiger partial charge in [0.15, 0.2) is 0 Å². The van der Waals surface area contributed by atoms with Crippen molar-refractivity contribution in [2.45, 2.75) is 25.8 Å². The summed E-state index contributed by atoms with van der Waals surface area (Å²) in [5.41, 5.74) is 1.13. The summed E-state index contributed by atoms with van der Waals surface area (Å²) in [6.45, 7) is 3.58. The van der Waals surface area contributed by atoms with Crippen LogP contribution in [0.1, 0.15) is 25.8 Å². The lowest BCUT2D eigenvalue weighted by molar-refractivity contribution is -0.137. The SMILES string of the molecule is CC(C)(CC(=O)O)Nc1c(C#N)cnc2ccccc12. The summed E-state index contributed by atoms with van der Waals surface area (Å²) < 4.78 is 0. The van der Waals surface area contributed by atoms with Crippen molar-refractivity contribution in [3.05, 3.63) is 36.0 Å². The molecular formula is C15H15N3O2. The van der Waals surface area contributed by atoms with E-state index in [-0.39, 0.29) is 6.42 Å². The molecule has 0 saturated heterocycles. The summed E-state index contributed by atoms with van der Waals surface area (Å²) in [4.78, 5) is 15.1. The third kappa shape index (κ3) is 2.86. The number of aromatic nitrogens is 1. The average Bonchev–Trinajstić information content (AvgIpc) is 2.37. The molecule has 0 aliphatic rings. The topological polar surface area (TPSA) is 86.0 Å². The second-order valence-corrected chi connectivity index (χ2v) is 5.26. The van der Waals surface area contributed by atoms with Crippen LogP contribution in [0.2, 0.25) is 0 Å². The number of nitriles is 1. The molecular weight excluding hydrogens is 254 g/mol. The fourth-order valence-corrected chi connectivity index (χ4v) is 2.12. The molecule has 0 atom stereocenters. The Bertz CT molecular complexity index is 702. The van der Waals surface area contributed by atoms with E-state index in [2.05, 4.69) is 16.4 Å². The number of aliphatic carboxylic acids is 1. The predicted octanol–water partition coefficient (Wildman–Crippen LogP) is 2.77. The van der Waals surface area contributed by atoms with Gasteiger partial charge in [0.25, 0.3) is 0 Å². The Balaban J connectivity index is 2.52. The van der Waals surface area contributed by atoms with Gasteiger partial charge in [-0.1, -0.05) is 18.2 Å². The molecule has 5 heteroatoms. The highest BCUT2D eigenvalue weighted by Crippen LogP contribution is 2.29. The number of pyridine rings is 1. The van der Waals surface area contributed by atoms with Crippen LogP contribution in [0.5, 0.6) is 0 Å². The number of carbonyl (C=O) groups is 1. The van der Waals surface area contributed by atoms with Gasteiger partial charge in [0.2, 0.25) is 0 Å². The zero-order valence-corrected chi connectivity index (χ0v) is 11.3. The number of fused-ring (bicyclic) bond motifs is 1. The molecule has 0 aliphatic heterocycles. The maximum Gasteiger partial charge on any atom is 0.305 e. The maximum atomic E-state index is 10.9. The Morgan fingerprint density at radius 3 is 2.80 bits per heavy atom. The lowest BCUT2D eigenvalue weighted by Crippen LogP contribution is -2.34. The Hall–Kier alpha value is -2.61. The van der Waals surface area contributed by atoms with E-state index in [1.54, 1.807) is 13.8 Å². The van der Waals surface area contributed by atoms with Crippen molar-refractivity contribution in [3.8, 4) is 6.07 Å². The van der Waals surface area contributed by atoms with Crippen LogP contribution < -0.4 is 5.32 Å². The molecule has 0 unspecified atom stereocenters. The van der Waals surface area contributed by atoms with Gasteiger partial charge in [-0.3, -0.25) is 9.78 Å². The zero-order valence-electron chi connectivity index (χ0n) is 11.3. The first-order valence-electron chi connectivity index (χ1n) is 6.21. The average molecular weight is 269 g/mol. The number of hydrogen-bond acceptors (Lipinski definition) is 4. The number of hydrogen-bond donors (Lipinski definition) is 2. The fraction of sp³-hybridized carbons (Fsp3) is 0.267. The van der Waals surface area contributed by atoms with Crippen LogP contribution in [0.3, 0.4) is 0 Å². The molecule has 0 saturated carbocycles. The maximum absolute atomic E-state index is 10.9. The van der Waals surface area contributed by atoms with Crippen molar-refractivity contribution in [2.75, 3.05) is 5.32 Å². The first-order chi connectivity index (χ1) is 9.43. The van der Waals surface area contributed by atoms with Crippen molar-refractivity contribution >= 4 is 22.6 Å². The molecule has 2 rings (SSSR count). The predicted molar refractivity (Wildman–Crippen MR) is 76.4 cm³/mol. The largest absolute Gasteiger partial charge is 0.481 e. The van der Waals surface area contributed by atoms with Gasteiger partial charge >= 0.3 is 5.97 Å². The standard InChI is InChI=1S/C15H15N3O2/c1-15(2,7-13(19)20)18-14-10(8-16)9-17-12-6-4-3-5-11(12)14/h3-6,9H,7H2,1-2H3,(H,17,18)(H,19,20). The minimum Gasteiger partial charge on any atom is -0.481 e. The minimum atomic E-state index is -0.889. The number of benzene rings is 1.